The van der Waals surface area contributed by atoms with Crippen LogP contribution in [-0.4, -0.2) is 30.1 Å². The number of amides is 2. The van der Waals surface area contributed by atoms with Crippen molar-refractivity contribution in [3.8, 4) is 22.8 Å². The van der Waals surface area contributed by atoms with E-state index in [1.165, 1.54) is 11.3 Å². The summed E-state index contributed by atoms with van der Waals surface area (Å²) >= 11 is 1.35. The van der Waals surface area contributed by atoms with Gasteiger partial charge in [0.05, 0.1) is 12.2 Å². The van der Waals surface area contributed by atoms with E-state index in [-0.39, 0.29) is 25.2 Å². The molecule has 2 N–H and O–H groups in total. The minimum atomic E-state index is -0.367. The lowest BCUT2D eigenvalue weighted by molar-refractivity contribution is -0.115. The highest BCUT2D eigenvalue weighted by Gasteiger charge is 2.17. The number of hydrogen-bond acceptors (Lipinski definition) is 6. The van der Waals surface area contributed by atoms with Gasteiger partial charge in [0.2, 0.25) is 12.7 Å². The number of rotatable bonds is 5. The highest BCUT2D eigenvalue weighted by atomic mass is 32.1. The molecule has 0 saturated heterocycles. The maximum atomic E-state index is 12.3. The molecule has 0 spiro atoms. The quantitative estimate of drug-likeness (QED) is 0.673. The van der Waals surface area contributed by atoms with E-state index < -0.39 is 0 Å². The molecule has 148 valence electrons. The van der Waals surface area contributed by atoms with E-state index in [9.17, 15) is 9.59 Å². The Morgan fingerprint density at radius 3 is 2.79 bits per heavy atom. The molecular weight excluding hydrogens is 390 g/mol. The molecule has 0 bridgehead atoms. The molecule has 1 aromatic heterocycles. The van der Waals surface area contributed by atoms with E-state index in [4.69, 9.17) is 9.47 Å². The van der Waals surface area contributed by atoms with Gasteiger partial charge < -0.3 is 20.1 Å². The summed E-state index contributed by atoms with van der Waals surface area (Å²) in [5.41, 5.74) is 4.52. The Balaban J connectivity index is 1.35. The molecule has 2 heterocycles. The zero-order valence-corrected chi connectivity index (χ0v) is 16.8. The van der Waals surface area contributed by atoms with Crippen molar-refractivity contribution < 1.29 is 19.1 Å². The summed E-state index contributed by atoms with van der Waals surface area (Å²) in [5.74, 6) is 0.404. The normalized spacial score (nSPS) is 11.9. The highest BCUT2D eigenvalue weighted by Crippen LogP contribution is 2.32. The van der Waals surface area contributed by atoms with E-state index in [1.54, 1.807) is 18.2 Å². The molecule has 1 aliphatic heterocycles. The molecule has 3 aromatic rings. The Kier molecular flexibility index (Phi) is 5.18. The van der Waals surface area contributed by atoms with Crippen LogP contribution in [0.3, 0.4) is 0 Å². The predicted molar refractivity (Wildman–Crippen MR) is 111 cm³/mol. The van der Waals surface area contributed by atoms with Gasteiger partial charge in [-0.05, 0) is 43.7 Å². The van der Waals surface area contributed by atoms with Gasteiger partial charge in [-0.25, -0.2) is 4.98 Å². The van der Waals surface area contributed by atoms with Crippen LogP contribution < -0.4 is 20.1 Å². The van der Waals surface area contributed by atoms with E-state index in [2.05, 4.69) is 27.8 Å². The molecule has 7 nitrogen and oxygen atoms in total. The number of aryl methyl sites for hydroxylation is 2. The van der Waals surface area contributed by atoms with E-state index >= 15 is 0 Å². The molecule has 1 aliphatic rings. The van der Waals surface area contributed by atoms with Crippen LogP contribution in [0.1, 0.15) is 21.5 Å². The number of thiazole rings is 1. The molecule has 0 radical (unpaired) electrons. The van der Waals surface area contributed by atoms with Gasteiger partial charge in [-0.1, -0.05) is 17.7 Å². The first-order valence-corrected chi connectivity index (χ1v) is 9.88. The second-order valence-electron chi connectivity index (χ2n) is 6.66. The van der Waals surface area contributed by atoms with E-state index in [0.717, 1.165) is 22.4 Å². The molecule has 29 heavy (non-hydrogen) atoms. The minimum Gasteiger partial charge on any atom is -0.454 e. The summed E-state index contributed by atoms with van der Waals surface area (Å²) in [7, 11) is 0. The number of carbonyl (C=O) groups excluding carboxylic acids is 2. The first-order valence-electron chi connectivity index (χ1n) is 9.00. The number of nitrogens with zero attached hydrogens (tertiary/aromatic N) is 1. The van der Waals surface area contributed by atoms with Gasteiger partial charge in [0.15, 0.2) is 16.6 Å². The van der Waals surface area contributed by atoms with Crippen LogP contribution in [0, 0.1) is 13.8 Å². The Morgan fingerprint density at radius 2 is 1.93 bits per heavy atom. The summed E-state index contributed by atoms with van der Waals surface area (Å²) in [6.45, 7) is 4.03. The summed E-state index contributed by atoms with van der Waals surface area (Å²) in [6.07, 6.45) is 0. The third kappa shape index (κ3) is 4.22. The molecule has 2 amide bonds. The van der Waals surface area contributed by atoms with Gasteiger partial charge >= 0.3 is 0 Å². The Bertz CT molecular complexity index is 1090. The van der Waals surface area contributed by atoms with Crippen LogP contribution in [0.2, 0.25) is 0 Å². The smallest absolute Gasteiger partial charge is 0.251 e. The molecule has 0 aliphatic carbocycles. The Morgan fingerprint density at radius 1 is 1.10 bits per heavy atom. The maximum absolute atomic E-state index is 12.3. The number of hydrogen-bond donors (Lipinski definition) is 2. The fourth-order valence-electron chi connectivity index (χ4n) is 2.93. The SMILES string of the molecule is Cc1ccc(C)c(-c2csc(NC(=O)CNC(=O)c3ccc4c(c3)OCO4)n2)c1. The topological polar surface area (TPSA) is 89.6 Å². The number of aromatic nitrogens is 1. The predicted octanol–water partition coefficient (Wildman–Crippen LogP) is 3.52. The third-order valence-electron chi connectivity index (χ3n) is 4.46. The lowest BCUT2D eigenvalue weighted by Crippen LogP contribution is -2.32. The summed E-state index contributed by atoms with van der Waals surface area (Å²) < 4.78 is 10.5. The molecule has 0 fully saturated rings. The van der Waals surface area contributed by atoms with Crippen molar-refractivity contribution in [2.75, 3.05) is 18.7 Å². The van der Waals surface area contributed by atoms with Gasteiger partial charge in [-0.3, -0.25) is 9.59 Å². The van der Waals surface area contributed by atoms with Crippen LogP contribution >= 0.6 is 11.3 Å². The number of carbonyl (C=O) groups is 2. The number of nitrogens with one attached hydrogen (secondary N) is 2. The number of ether oxygens (including phenoxy) is 2. The van der Waals surface area contributed by atoms with Crippen LogP contribution in [0.5, 0.6) is 11.5 Å². The average molecular weight is 409 g/mol. The molecule has 8 heteroatoms. The summed E-state index contributed by atoms with van der Waals surface area (Å²) in [4.78, 5) is 28.9. The molecular formula is C21H19N3O4S. The molecule has 0 atom stereocenters. The van der Waals surface area contributed by atoms with Gasteiger partial charge in [-0.15, -0.1) is 11.3 Å². The van der Waals surface area contributed by atoms with Gasteiger partial charge in [-0.2, -0.15) is 0 Å². The minimum absolute atomic E-state index is 0.140. The van der Waals surface area contributed by atoms with Crippen molar-refractivity contribution in [3.05, 3.63) is 58.5 Å². The first kappa shape index (κ1) is 18.9. The van der Waals surface area contributed by atoms with Crippen LogP contribution in [-0.2, 0) is 4.79 Å². The standard InChI is InChI=1S/C21H19N3O4S/c1-12-3-4-13(2)15(7-12)16-10-29-21(23-16)24-19(25)9-22-20(26)14-5-6-17-18(8-14)28-11-27-17/h3-8,10H,9,11H2,1-2H3,(H,22,26)(H,23,24,25). The first-order chi connectivity index (χ1) is 14.0. The summed E-state index contributed by atoms with van der Waals surface area (Å²) in [6, 6.07) is 11.1. The number of benzene rings is 2. The molecule has 0 saturated carbocycles. The van der Waals surface area contributed by atoms with Gasteiger partial charge in [0.25, 0.3) is 5.91 Å². The van der Waals surface area contributed by atoms with Crippen molar-refractivity contribution in [2.45, 2.75) is 13.8 Å². The van der Waals surface area contributed by atoms with E-state index in [1.807, 2.05) is 25.3 Å². The zero-order chi connectivity index (χ0) is 20.4. The molecule has 2 aromatic carbocycles. The van der Waals surface area contributed by atoms with Gasteiger partial charge in [0.1, 0.15) is 0 Å². The second kappa shape index (κ2) is 7.92. The zero-order valence-electron chi connectivity index (χ0n) is 15.9. The van der Waals surface area contributed by atoms with Crippen molar-refractivity contribution in [1.82, 2.24) is 10.3 Å². The molecule has 0 unspecified atom stereocenters. The van der Waals surface area contributed by atoms with Crippen molar-refractivity contribution in [2.24, 2.45) is 0 Å². The van der Waals surface area contributed by atoms with E-state index in [0.29, 0.717) is 22.2 Å². The lowest BCUT2D eigenvalue weighted by atomic mass is 10.0. The monoisotopic (exact) mass is 409 g/mol. The molecule has 4 rings (SSSR count). The average Bonchev–Trinajstić information content (AvgIpc) is 3.36. The van der Waals surface area contributed by atoms with Crippen LogP contribution in [0.4, 0.5) is 5.13 Å². The van der Waals surface area contributed by atoms with Crippen molar-refractivity contribution in [3.63, 3.8) is 0 Å². The van der Waals surface area contributed by atoms with Crippen molar-refractivity contribution >= 4 is 28.3 Å². The van der Waals surface area contributed by atoms with Crippen molar-refractivity contribution in [1.29, 1.82) is 0 Å². The fourth-order valence-corrected chi connectivity index (χ4v) is 3.66. The largest absolute Gasteiger partial charge is 0.454 e. The number of anilines is 1. The van der Waals surface area contributed by atoms with Gasteiger partial charge in [0, 0.05) is 16.5 Å². The van der Waals surface area contributed by atoms with Crippen LogP contribution in [0.25, 0.3) is 11.3 Å². The Labute approximate surface area is 171 Å². The highest BCUT2D eigenvalue weighted by molar-refractivity contribution is 7.14. The number of fused-ring (bicyclic) bond motifs is 1. The fraction of sp³-hybridized carbons (Fsp3) is 0.190. The summed E-state index contributed by atoms with van der Waals surface area (Å²) in [5, 5.41) is 7.71. The lowest BCUT2D eigenvalue weighted by Gasteiger charge is -2.06. The third-order valence-corrected chi connectivity index (χ3v) is 5.22. The second-order valence-corrected chi connectivity index (χ2v) is 7.51. The van der Waals surface area contributed by atoms with Crippen LogP contribution in [0.15, 0.2) is 41.8 Å². The maximum Gasteiger partial charge on any atom is 0.251 e. The Hall–Kier alpha value is -3.39.